The van der Waals surface area contributed by atoms with E-state index in [9.17, 15) is 4.39 Å². The number of nitrogens with one attached hydrogen (secondary N) is 1. The number of ether oxygens (including phenoxy) is 2. The van der Waals surface area contributed by atoms with Gasteiger partial charge in [-0.2, -0.15) is 0 Å². The number of methoxy groups -OCH3 is 1. The molecule has 1 aliphatic carbocycles. The molecule has 1 aromatic rings. The van der Waals surface area contributed by atoms with Crippen LogP contribution in [-0.2, 0) is 9.47 Å². The van der Waals surface area contributed by atoms with Crippen molar-refractivity contribution in [1.29, 1.82) is 0 Å². The van der Waals surface area contributed by atoms with E-state index >= 15 is 0 Å². The van der Waals surface area contributed by atoms with E-state index in [0.717, 1.165) is 24.9 Å². The van der Waals surface area contributed by atoms with Crippen LogP contribution < -0.4 is 5.32 Å². The van der Waals surface area contributed by atoms with Crippen molar-refractivity contribution in [1.82, 2.24) is 5.32 Å². The molecule has 2 rings (SSSR count). The maximum absolute atomic E-state index is 14.0. The average molecular weight is 295 g/mol. The SMILES string of the molecule is COCCOCCCC(CNC1CC1)c1ccccc1F. The zero-order valence-corrected chi connectivity index (χ0v) is 12.8. The Labute approximate surface area is 126 Å². The van der Waals surface area contributed by atoms with Crippen molar-refractivity contribution >= 4 is 0 Å². The molecule has 21 heavy (non-hydrogen) atoms. The maximum atomic E-state index is 14.0. The van der Waals surface area contributed by atoms with Gasteiger partial charge in [0, 0.05) is 26.3 Å². The number of hydrogen-bond donors (Lipinski definition) is 1. The van der Waals surface area contributed by atoms with Gasteiger partial charge in [-0.05, 0) is 43.2 Å². The average Bonchev–Trinajstić information content (AvgIpc) is 3.31. The van der Waals surface area contributed by atoms with Crippen molar-refractivity contribution in [2.24, 2.45) is 0 Å². The third kappa shape index (κ3) is 6.12. The molecular weight excluding hydrogens is 269 g/mol. The molecule has 1 aromatic carbocycles. The third-order valence-corrected chi connectivity index (χ3v) is 3.85. The molecule has 1 unspecified atom stereocenters. The Hall–Kier alpha value is -0.970. The lowest BCUT2D eigenvalue weighted by Crippen LogP contribution is -2.24. The second-order valence-corrected chi connectivity index (χ2v) is 5.65. The molecule has 0 spiro atoms. The summed E-state index contributed by atoms with van der Waals surface area (Å²) in [6.45, 7) is 2.81. The fraction of sp³-hybridized carbons (Fsp3) is 0.647. The Morgan fingerprint density at radius 3 is 2.76 bits per heavy atom. The fourth-order valence-electron chi connectivity index (χ4n) is 2.45. The van der Waals surface area contributed by atoms with E-state index in [1.807, 2.05) is 12.1 Å². The number of hydrogen-bond acceptors (Lipinski definition) is 3. The molecule has 3 nitrogen and oxygen atoms in total. The predicted molar refractivity (Wildman–Crippen MR) is 82.1 cm³/mol. The lowest BCUT2D eigenvalue weighted by molar-refractivity contribution is 0.0681. The maximum Gasteiger partial charge on any atom is 0.126 e. The fourth-order valence-corrected chi connectivity index (χ4v) is 2.45. The number of benzene rings is 1. The van der Waals surface area contributed by atoms with Gasteiger partial charge in [0.05, 0.1) is 13.2 Å². The van der Waals surface area contributed by atoms with Crippen molar-refractivity contribution in [2.45, 2.75) is 37.6 Å². The molecule has 1 aliphatic rings. The van der Waals surface area contributed by atoms with Crippen LogP contribution >= 0.6 is 0 Å². The molecule has 0 amide bonds. The van der Waals surface area contributed by atoms with Gasteiger partial charge in [-0.3, -0.25) is 0 Å². The van der Waals surface area contributed by atoms with Crippen LogP contribution in [0.1, 0.15) is 37.2 Å². The molecule has 1 fully saturated rings. The van der Waals surface area contributed by atoms with Crippen LogP contribution in [-0.4, -0.2) is 39.5 Å². The molecule has 1 saturated carbocycles. The van der Waals surface area contributed by atoms with Crippen molar-refractivity contribution in [2.75, 3.05) is 33.5 Å². The van der Waals surface area contributed by atoms with Crippen LogP contribution in [0.15, 0.2) is 24.3 Å². The molecule has 1 atom stereocenters. The van der Waals surface area contributed by atoms with E-state index in [1.54, 1.807) is 19.2 Å². The van der Waals surface area contributed by atoms with Crippen LogP contribution in [0.3, 0.4) is 0 Å². The van der Waals surface area contributed by atoms with Gasteiger partial charge < -0.3 is 14.8 Å². The Morgan fingerprint density at radius 2 is 2.05 bits per heavy atom. The lowest BCUT2D eigenvalue weighted by atomic mass is 9.93. The van der Waals surface area contributed by atoms with E-state index in [4.69, 9.17) is 9.47 Å². The summed E-state index contributed by atoms with van der Waals surface area (Å²) >= 11 is 0. The largest absolute Gasteiger partial charge is 0.382 e. The van der Waals surface area contributed by atoms with E-state index in [0.29, 0.717) is 25.9 Å². The second-order valence-electron chi connectivity index (χ2n) is 5.65. The van der Waals surface area contributed by atoms with Gasteiger partial charge in [-0.1, -0.05) is 18.2 Å². The first-order chi connectivity index (χ1) is 10.3. The van der Waals surface area contributed by atoms with Crippen LogP contribution in [0.5, 0.6) is 0 Å². The highest BCUT2D eigenvalue weighted by Crippen LogP contribution is 2.26. The van der Waals surface area contributed by atoms with Crippen molar-refractivity contribution in [3.8, 4) is 0 Å². The molecular formula is C17H26FNO2. The van der Waals surface area contributed by atoms with E-state index in [-0.39, 0.29) is 11.7 Å². The van der Waals surface area contributed by atoms with Crippen LogP contribution in [0.4, 0.5) is 4.39 Å². The molecule has 4 heteroatoms. The van der Waals surface area contributed by atoms with Crippen LogP contribution in [0.25, 0.3) is 0 Å². The molecule has 1 N–H and O–H groups in total. The highest BCUT2D eigenvalue weighted by atomic mass is 19.1. The first-order valence-electron chi connectivity index (χ1n) is 7.85. The predicted octanol–water partition coefficient (Wildman–Crippen LogP) is 3.10. The zero-order valence-electron chi connectivity index (χ0n) is 12.8. The normalized spacial score (nSPS) is 16.1. The highest BCUT2D eigenvalue weighted by molar-refractivity contribution is 5.22. The van der Waals surface area contributed by atoms with Gasteiger partial charge in [-0.15, -0.1) is 0 Å². The van der Waals surface area contributed by atoms with Crippen LogP contribution in [0.2, 0.25) is 0 Å². The smallest absolute Gasteiger partial charge is 0.126 e. The molecule has 0 heterocycles. The summed E-state index contributed by atoms with van der Waals surface area (Å²) in [6, 6.07) is 7.77. The Bertz CT molecular complexity index is 410. The standard InChI is InChI=1S/C17H26FNO2/c1-20-11-12-21-10-4-5-14(13-19-15-8-9-15)16-6-2-3-7-17(16)18/h2-3,6-7,14-15,19H,4-5,8-13H2,1H3. The van der Waals surface area contributed by atoms with Gasteiger partial charge in [0.25, 0.3) is 0 Å². The molecule has 0 aromatic heterocycles. The van der Waals surface area contributed by atoms with Crippen molar-refractivity contribution in [3.63, 3.8) is 0 Å². The van der Waals surface area contributed by atoms with Gasteiger partial charge >= 0.3 is 0 Å². The zero-order chi connectivity index (χ0) is 14.9. The molecule has 0 bridgehead atoms. The third-order valence-electron chi connectivity index (χ3n) is 3.85. The Kier molecular flexibility index (Phi) is 7.13. The number of halogens is 1. The first-order valence-corrected chi connectivity index (χ1v) is 7.85. The van der Waals surface area contributed by atoms with E-state index in [2.05, 4.69) is 5.32 Å². The number of rotatable bonds is 11. The summed E-state index contributed by atoms with van der Waals surface area (Å²) in [4.78, 5) is 0. The van der Waals surface area contributed by atoms with Gasteiger partial charge in [0.15, 0.2) is 0 Å². The quantitative estimate of drug-likeness (QED) is 0.636. The summed E-state index contributed by atoms with van der Waals surface area (Å²) in [5.74, 6) is 0.123. The monoisotopic (exact) mass is 295 g/mol. The Balaban J connectivity index is 1.79. The van der Waals surface area contributed by atoms with Crippen molar-refractivity contribution in [3.05, 3.63) is 35.6 Å². The lowest BCUT2D eigenvalue weighted by Gasteiger charge is -2.19. The summed E-state index contributed by atoms with van der Waals surface area (Å²) < 4.78 is 24.4. The minimum atomic E-state index is -0.0969. The van der Waals surface area contributed by atoms with Gasteiger partial charge in [0.2, 0.25) is 0 Å². The highest BCUT2D eigenvalue weighted by Gasteiger charge is 2.23. The minimum absolute atomic E-state index is 0.0969. The summed E-state index contributed by atoms with van der Waals surface area (Å²) in [5.41, 5.74) is 0.822. The van der Waals surface area contributed by atoms with E-state index < -0.39 is 0 Å². The minimum Gasteiger partial charge on any atom is -0.382 e. The topological polar surface area (TPSA) is 30.5 Å². The van der Waals surface area contributed by atoms with Gasteiger partial charge in [0.1, 0.15) is 5.82 Å². The van der Waals surface area contributed by atoms with Crippen LogP contribution in [0, 0.1) is 5.82 Å². The first kappa shape index (κ1) is 16.4. The summed E-state index contributed by atoms with van der Waals surface area (Å²) in [7, 11) is 1.67. The Morgan fingerprint density at radius 1 is 1.24 bits per heavy atom. The molecule has 118 valence electrons. The second kappa shape index (κ2) is 9.13. The van der Waals surface area contributed by atoms with E-state index in [1.165, 1.54) is 12.8 Å². The summed E-state index contributed by atoms with van der Waals surface area (Å²) in [5, 5.41) is 3.52. The summed E-state index contributed by atoms with van der Waals surface area (Å²) in [6.07, 6.45) is 4.39. The molecule has 0 radical (unpaired) electrons. The van der Waals surface area contributed by atoms with Gasteiger partial charge in [-0.25, -0.2) is 4.39 Å². The molecule has 0 aliphatic heterocycles. The van der Waals surface area contributed by atoms with Crippen molar-refractivity contribution < 1.29 is 13.9 Å². The molecule has 0 saturated heterocycles.